The van der Waals surface area contributed by atoms with E-state index in [9.17, 15) is 62.6 Å². The number of benzene rings is 8. The molecule has 0 aromatic heterocycles. The molecule has 4 unspecified atom stereocenters. The lowest BCUT2D eigenvalue weighted by Gasteiger charge is -2.22. The standard InChI is InChI=1S/C33H37N4O6PS.C21H17O4P.C12H22N4O3S.C9H7IO4.C9H9NO4/c1-42-32(40)25-17-16-22(20-27(25)44(23-10-4-2-5-11-23)24-12-6-3-7-13-24)31(39)37-43-19-18-34-29(38)15-9-8-14-28-30-26(21-45-28)35-33(41)36-30;1-25-21(24)18-13-12-15(20(22)23)14-19(18)26(16-8-4-2-5-9-16)17-10-6-3-7-11-17;13-19-6-5-14-10(17)4-2-1-3-9-11-8(7-20-9)15-12(18)16-11;2*1-14-9(13)6-3-2-5(8(11)12)4-7(6)10/h2-7,10-13,16-17,20,26,28,30H,8-9,14-15,18-19,21H2,1H3,(H,34,38)(H,37,39)(H2,35,36,41);2-14H,1H3,(H,22,23);8-9,11H,1-7,13H2,(H,14,17)(H2,15,16,18);2-4H,1H3,(H,11,12);2-4H,10H2,1H3,(H,11,12)/t26?,28-,30?;;8?,9-,11?;;/m1.1../s1. The van der Waals surface area contributed by atoms with Crippen LogP contribution in [0.1, 0.15) is 134 Å². The number of hydroxylamine groups is 1. The predicted octanol–water partition coefficient (Wildman–Crippen LogP) is 7.91. The minimum Gasteiger partial charge on any atom is -0.478 e. The van der Waals surface area contributed by atoms with Crippen LogP contribution in [0.25, 0.3) is 0 Å². The van der Waals surface area contributed by atoms with Crippen molar-refractivity contribution in [2.45, 2.75) is 86.0 Å². The highest BCUT2D eigenvalue weighted by Crippen LogP contribution is 2.38. The van der Waals surface area contributed by atoms with Gasteiger partial charge < -0.3 is 76.7 Å². The second-order valence-electron chi connectivity index (χ2n) is 26.4. The number of nitrogens with one attached hydrogen (secondary N) is 7. The number of esters is 4. The van der Waals surface area contributed by atoms with Crippen molar-refractivity contribution in [2.24, 2.45) is 5.90 Å². The SMILES string of the molecule is COC(=O)c1ccc(C(=O)NOCCNC(=O)CCCC[C@H]2SCC3NC(=O)NC32)cc1P(c1ccccc1)c1ccccc1.COC(=O)c1ccc(C(=O)O)cc1I.COC(=O)c1ccc(C(=O)O)cc1N.COC(=O)c1ccc(C(=O)O)cc1P(c1ccccc1)c1ccccc1.NOCCNC(=O)CCCC[C@H]1SCC2NC(=O)NC21. The molecule has 0 radical (unpaired) electrons. The Hall–Kier alpha value is -11.0. The zero-order valence-electron chi connectivity index (χ0n) is 65.3. The summed E-state index contributed by atoms with van der Waals surface area (Å²) in [5, 5.41) is 50.4. The molecule has 4 fully saturated rings. The zero-order chi connectivity index (χ0) is 85.9. The molecule has 0 saturated carbocycles. The van der Waals surface area contributed by atoms with Crippen LogP contribution in [0.3, 0.4) is 0 Å². The molecule has 4 aliphatic heterocycles. The highest BCUT2D eigenvalue weighted by Gasteiger charge is 2.44. The highest BCUT2D eigenvalue weighted by atomic mass is 127. The van der Waals surface area contributed by atoms with Gasteiger partial charge in [0, 0.05) is 73.4 Å². The molecular formula is C84H92IN9O21P2S2. The lowest BCUT2D eigenvalue weighted by Crippen LogP contribution is -2.36. The van der Waals surface area contributed by atoms with Gasteiger partial charge in [-0.2, -0.15) is 23.5 Å². The van der Waals surface area contributed by atoms with Crippen molar-refractivity contribution >= 4 is 171 Å². The molecule has 119 heavy (non-hydrogen) atoms. The van der Waals surface area contributed by atoms with Gasteiger partial charge in [-0.15, -0.1) is 0 Å². The smallest absolute Gasteiger partial charge is 0.339 e. The van der Waals surface area contributed by atoms with E-state index in [-0.39, 0.29) is 89.1 Å². The van der Waals surface area contributed by atoms with Crippen molar-refractivity contribution in [3.8, 4) is 0 Å². The molecule has 0 bridgehead atoms. The molecule has 30 nitrogen and oxygen atoms in total. The largest absolute Gasteiger partial charge is 0.478 e. The van der Waals surface area contributed by atoms with Gasteiger partial charge >= 0.3 is 53.8 Å². The van der Waals surface area contributed by atoms with Crippen LogP contribution < -0.4 is 80.8 Å². The lowest BCUT2D eigenvalue weighted by molar-refractivity contribution is -0.122. The predicted molar refractivity (Wildman–Crippen MR) is 464 cm³/mol. The van der Waals surface area contributed by atoms with E-state index in [0.29, 0.717) is 72.9 Å². The summed E-state index contributed by atoms with van der Waals surface area (Å²) in [7, 11) is 2.89. The molecule has 14 N–H and O–H groups in total. The van der Waals surface area contributed by atoms with Crippen molar-refractivity contribution in [1.82, 2.24) is 37.4 Å². The molecule has 12 rings (SSSR count). The van der Waals surface area contributed by atoms with E-state index in [2.05, 4.69) is 51.7 Å². The van der Waals surface area contributed by atoms with E-state index < -0.39 is 63.5 Å². The molecule has 8 aromatic carbocycles. The third kappa shape index (κ3) is 27.8. The Labute approximate surface area is 711 Å². The third-order valence-electron chi connectivity index (χ3n) is 18.6. The first-order chi connectivity index (χ1) is 57.4. The summed E-state index contributed by atoms with van der Waals surface area (Å²) in [4.78, 5) is 149. The second-order valence-corrected chi connectivity index (χ2v) is 34.5. The normalized spacial score (nSPS) is 16.2. The molecular weight excluding hydrogens is 1720 g/mol. The number of nitrogen functional groups attached to an aromatic ring is 1. The van der Waals surface area contributed by atoms with Crippen LogP contribution in [0.15, 0.2) is 194 Å². The molecule has 0 spiro atoms. The fraction of sp³-hybridized carbons (Fsp3) is 0.286. The Kier molecular flexibility index (Phi) is 37.8. The van der Waals surface area contributed by atoms with Crippen molar-refractivity contribution < 1.29 is 101 Å². The van der Waals surface area contributed by atoms with Gasteiger partial charge in [0.15, 0.2) is 0 Å². The Bertz CT molecular complexity index is 4690. The number of hydrogen-bond acceptors (Lipinski definition) is 22. The lowest BCUT2D eigenvalue weighted by atomic mass is 10.0. The number of aromatic carboxylic acids is 3. The van der Waals surface area contributed by atoms with Crippen LogP contribution in [-0.2, 0) is 38.2 Å². The van der Waals surface area contributed by atoms with Crippen molar-refractivity contribution in [3.05, 3.63) is 242 Å². The first kappa shape index (κ1) is 93.5. The summed E-state index contributed by atoms with van der Waals surface area (Å²) in [6.07, 6.45) is 6.46. The number of rotatable bonds is 31. The number of thioether (sulfide) groups is 2. The number of nitrogens with two attached hydrogens (primary N) is 2. The Morgan fingerprint density at radius 1 is 0.454 bits per heavy atom. The van der Waals surface area contributed by atoms with Crippen molar-refractivity contribution in [2.75, 3.05) is 72.0 Å². The van der Waals surface area contributed by atoms with E-state index in [1.807, 2.05) is 167 Å². The fourth-order valence-electron chi connectivity index (χ4n) is 12.7. The maximum Gasteiger partial charge on any atom is 0.339 e. The minimum absolute atomic E-state index is 0.0369. The number of anilines is 1. The number of methoxy groups -OCH3 is 4. The van der Waals surface area contributed by atoms with Gasteiger partial charge in [-0.3, -0.25) is 19.2 Å². The van der Waals surface area contributed by atoms with Gasteiger partial charge in [0.05, 0.1) is 105 Å². The van der Waals surface area contributed by atoms with Gasteiger partial charge in [0.1, 0.15) is 0 Å². The summed E-state index contributed by atoms with van der Waals surface area (Å²) in [5.41, 5.74) is 10.0. The van der Waals surface area contributed by atoms with E-state index in [4.69, 9.17) is 36.2 Å². The number of unbranched alkanes of at least 4 members (excludes halogenated alkanes) is 2. The second kappa shape index (κ2) is 48.1. The minimum atomic E-state index is -1.18. The number of urea groups is 2. The number of carboxylic acids is 3. The average Bonchev–Trinajstić information content (AvgIpc) is 1.70. The molecule has 4 saturated heterocycles. The highest BCUT2D eigenvalue weighted by molar-refractivity contribution is 14.1. The molecule has 7 amide bonds. The Morgan fingerprint density at radius 3 is 1.19 bits per heavy atom. The number of halogens is 1. The monoisotopic (exact) mass is 1820 g/mol. The van der Waals surface area contributed by atoms with E-state index >= 15 is 0 Å². The molecule has 6 atom stereocenters. The number of hydrogen-bond donors (Lipinski definition) is 12. The Balaban J connectivity index is 0.000000202. The first-order valence-electron chi connectivity index (χ1n) is 37.3. The first-order valence-corrected chi connectivity index (χ1v) is 43.2. The van der Waals surface area contributed by atoms with Crippen LogP contribution in [0.2, 0.25) is 0 Å². The molecule has 628 valence electrons. The average molecular weight is 1820 g/mol. The third-order valence-corrected chi connectivity index (χ3v) is 27.4. The maximum absolute atomic E-state index is 13.0. The summed E-state index contributed by atoms with van der Waals surface area (Å²) in [6.45, 7) is 1.13. The summed E-state index contributed by atoms with van der Waals surface area (Å²) >= 11 is 5.67. The van der Waals surface area contributed by atoms with Crippen LogP contribution in [0.5, 0.6) is 0 Å². The number of carboxylic acid groups (broad SMARTS) is 3. The molecule has 4 heterocycles. The fourth-order valence-corrected chi connectivity index (χ4v) is 21.5. The number of amides is 7. The van der Waals surface area contributed by atoms with Gasteiger partial charge in [-0.25, -0.2) is 54.5 Å². The molecule has 4 aliphatic rings. The molecule has 35 heteroatoms. The summed E-state index contributed by atoms with van der Waals surface area (Å²) in [6, 6.07) is 57.6. The maximum atomic E-state index is 13.0. The van der Waals surface area contributed by atoms with Crippen LogP contribution in [-0.4, -0.2) is 188 Å². The van der Waals surface area contributed by atoms with Gasteiger partial charge in [-0.05, 0) is 158 Å². The van der Waals surface area contributed by atoms with E-state index in [0.717, 1.165) is 71.2 Å². The molecule has 0 aliphatic carbocycles. The van der Waals surface area contributed by atoms with Crippen molar-refractivity contribution in [3.63, 3.8) is 0 Å². The van der Waals surface area contributed by atoms with E-state index in [1.165, 1.54) is 77.0 Å². The number of carbonyl (C=O) groups is 12. The van der Waals surface area contributed by atoms with Crippen LogP contribution in [0.4, 0.5) is 15.3 Å². The van der Waals surface area contributed by atoms with Gasteiger partial charge in [0.25, 0.3) is 5.91 Å². The topological polar surface area (TPSA) is 457 Å². The van der Waals surface area contributed by atoms with Crippen LogP contribution in [0, 0.1) is 3.57 Å². The number of carbonyl (C=O) groups excluding carboxylic acids is 9. The quantitative estimate of drug-likeness (QED) is 0.00287. The zero-order valence-corrected chi connectivity index (χ0v) is 70.9. The molecule has 8 aromatic rings. The number of ether oxygens (including phenoxy) is 4. The Morgan fingerprint density at radius 2 is 0.807 bits per heavy atom. The van der Waals surface area contributed by atoms with Crippen molar-refractivity contribution in [1.29, 1.82) is 0 Å². The number of fused-ring (bicyclic) bond motifs is 2. The van der Waals surface area contributed by atoms with Crippen LogP contribution >= 0.6 is 62.0 Å². The van der Waals surface area contributed by atoms with Gasteiger partial charge in [0.2, 0.25) is 11.8 Å². The van der Waals surface area contributed by atoms with Gasteiger partial charge in [-0.1, -0.05) is 134 Å². The summed E-state index contributed by atoms with van der Waals surface area (Å²) in [5.74, 6) is 1.14. The summed E-state index contributed by atoms with van der Waals surface area (Å²) < 4.78 is 19.5. The van der Waals surface area contributed by atoms with E-state index in [1.54, 1.807) is 24.3 Å².